The fraction of sp³-hybridized carbons (Fsp3) is 0.143. The van der Waals surface area contributed by atoms with Gasteiger partial charge in [0.25, 0.3) is 0 Å². The Labute approximate surface area is 151 Å². The van der Waals surface area contributed by atoms with Crippen LogP contribution in [0, 0.1) is 17.1 Å². The second kappa shape index (κ2) is 7.24. The summed E-state index contributed by atoms with van der Waals surface area (Å²) < 4.78 is 20.2. The zero-order chi connectivity index (χ0) is 18.7. The van der Waals surface area contributed by atoms with Gasteiger partial charge in [0.1, 0.15) is 17.6 Å². The van der Waals surface area contributed by atoms with Crippen LogP contribution in [-0.4, -0.2) is 17.1 Å². The molecule has 0 saturated carbocycles. The molecule has 0 radical (unpaired) electrons. The molecule has 26 heavy (non-hydrogen) atoms. The van der Waals surface area contributed by atoms with E-state index in [0.29, 0.717) is 16.8 Å². The third-order valence-electron chi connectivity index (χ3n) is 4.10. The van der Waals surface area contributed by atoms with Gasteiger partial charge >= 0.3 is 5.97 Å². The van der Waals surface area contributed by atoms with Crippen LogP contribution in [0.2, 0.25) is 0 Å². The minimum absolute atomic E-state index is 0.254. The SMILES string of the molecule is CCOC(=O)c1c(-c2ccc(-c3cccc(F)c3)cc2)c(C#N)cn1C. The molecule has 0 amide bonds. The van der Waals surface area contributed by atoms with Crippen LogP contribution in [0.1, 0.15) is 23.0 Å². The van der Waals surface area contributed by atoms with Crippen molar-refractivity contribution in [2.24, 2.45) is 7.05 Å². The summed E-state index contributed by atoms with van der Waals surface area (Å²) in [6, 6.07) is 15.8. The molecule has 0 saturated heterocycles. The average molecular weight is 348 g/mol. The Morgan fingerprint density at radius 1 is 1.15 bits per heavy atom. The van der Waals surface area contributed by atoms with Crippen molar-refractivity contribution in [3.8, 4) is 28.3 Å². The standard InChI is InChI=1S/C21H17FN2O2/c1-3-26-21(25)20-19(17(12-23)13-24(20)2)15-9-7-14(8-10-15)16-5-4-6-18(22)11-16/h4-11,13H,3H2,1-2H3. The van der Waals surface area contributed by atoms with Crippen molar-refractivity contribution in [2.75, 3.05) is 6.61 Å². The lowest BCUT2D eigenvalue weighted by molar-refractivity contribution is 0.0516. The number of carbonyl (C=O) groups excluding carboxylic acids is 1. The van der Waals surface area contributed by atoms with E-state index in [-0.39, 0.29) is 12.4 Å². The first kappa shape index (κ1) is 17.4. The summed E-state index contributed by atoms with van der Waals surface area (Å²) >= 11 is 0. The van der Waals surface area contributed by atoms with E-state index in [9.17, 15) is 14.4 Å². The van der Waals surface area contributed by atoms with E-state index in [1.807, 2.05) is 30.3 Å². The number of rotatable bonds is 4. The van der Waals surface area contributed by atoms with Gasteiger partial charge in [-0.25, -0.2) is 9.18 Å². The Morgan fingerprint density at radius 3 is 2.46 bits per heavy atom. The molecule has 0 bridgehead atoms. The molecule has 3 rings (SSSR count). The van der Waals surface area contributed by atoms with Crippen molar-refractivity contribution in [3.05, 3.63) is 71.8 Å². The van der Waals surface area contributed by atoms with Crippen molar-refractivity contribution in [2.45, 2.75) is 6.92 Å². The lowest BCUT2D eigenvalue weighted by atomic mass is 9.98. The fourth-order valence-electron chi connectivity index (χ4n) is 2.95. The van der Waals surface area contributed by atoms with Crippen LogP contribution >= 0.6 is 0 Å². The Balaban J connectivity index is 2.07. The molecule has 2 aromatic carbocycles. The van der Waals surface area contributed by atoms with Crippen molar-refractivity contribution in [1.82, 2.24) is 4.57 Å². The summed E-state index contributed by atoms with van der Waals surface area (Å²) in [7, 11) is 1.71. The molecule has 1 aromatic heterocycles. The summed E-state index contributed by atoms with van der Waals surface area (Å²) in [6.07, 6.45) is 1.61. The molecule has 0 N–H and O–H groups in total. The minimum Gasteiger partial charge on any atom is -0.461 e. The number of nitriles is 1. The van der Waals surface area contributed by atoms with Crippen molar-refractivity contribution in [3.63, 3.8) is 0 Å². The predicted molar refractivity (Wildman–Crippen MR) is 96.9 cm³/mol. The van der Waals surface area contributed by atoms with Gasteiger partial charge in [-0.3, -0.25) is 0 Å². The van der Waals surface area contributed by atoms with Crippen LogP contribution in [0.25, 0.3) is 22.3 Å². The third kappa shape index (κ3) is 3.22. The van der Waals surface area contributed by atoms with Crippen LogP contribution in [-0.2, 0) is 11.8 Å². The van der Waals surface area contributed by atoms with E-state index in [4.69, 9.17) is 4.74 Å². The molecule has 4 nitrogen and oxygen atoms in total. The maximum atomic E-state index is 13.4. The van der Waals surface area contributed by atoms with Crippen LogP contribution < -0.4 is 0 Å². The van der Waals surface area contributed by atoms with Gasteiger partial charge in [0.05, 0.1) is 12.2 Å². The molecule has 1 heterocycles. The smallest absolute Gasteiger partial charge is 0.355 e. The van der Waals surface area contributed by atoms with E-state index < -0.39 is 5.97 Å². The molecule has 0 atom stereocenters. The summed E-state index contributed by atoms with van der Waals surface area (Å²) in [5, 5.41) is 9.44. The molecule has 0 aliphatic rings. The number of benzene rings is 2. The molecule has 3 aromatic rings. The highest BCUT2D eigenvalue weighted by molar-refractivity contribution is 5.98. The van der Waals surface area contributed by atoms with Crippen molar-refractivity contribution in [1.29, 1.82) is 5.26 Å². The maximum Gasteiger partial charge on any atom is 0.355 e. The Morgan fingerprint density at radius 2 is 1.85 bits per heavy atom. The number of carbonyl (C=O) groups is 1. The van der Waals surface area contributed by atoms with Gasteiger partial charge in [0.2, 0.25) is 0 Å². The molecule has 0 aliphatic heterocycles. The highest BCUT2D eigenvalue weighted by Gasteiger charge is 2.22. The lowest BCUT2D eigenvalue weighted by Gasteiger charge is -2.09. The minimum atomic E-state index is -0.472. The summed E-state index contributed by atoms with van der Waals surface area (Å²) in [5.74, 6) is -0.772. The zero-order valence-electron chi connectivity index (χ0n) is 14.5. The molecule has 5 heteroatoms. The first-order chi connectivity index (χ1) is 12.5. The van der Waals surface area contributed by atoms with Crippen molar-refractivity contribution < 1.29 is 13.9 Å². The maximum absolute atomic E-state index is 13.4. The molecular weight excluding hydrogens is 331 g/mol. The van der Waals surface area contributed by atoms with Crippen LogP contribution in [0.5, 0.6) is 0 Å². The van der Waals surface area contributed by atoms with Gasteiger partial charge in [-0.1, -0.05) is 36.4 Å². The number of aryl methyl sites for hydroxylation is 1. The molecule has 0 spiro atoms. The molecular formula is C21H17FN2O2. The quantitative estimate of drug-likeness (QED) is 0.650. The topological polar surface area (TPSA) is 55.0 Å². The second-order valence-electron chi connectivity index (χ2n) is 5.80. The lowest BCUT2D eigenvalue weighted by Crippen LogP contribution is -2.10. The Kier molecular flexibility index (Phi) is 4.85. The van der Waals surface area contributed by atoms with E-state index in [0.717, 1.165) is 16.7 Å². The van der Waals surface area contributed by atoms with E-state index in [1.54, 1.807) is 30.8 Å². The van der Waals surface area contributed by atoms with Crippen molar-refractivity contribution >= 4 is 5.97 Å². The normalized spacial score (nSPS) is 10.4. The summed E-state index contributed by atoms with van der Waals surface area (Å²) in [4.78, 5) is 12.3. The predicted octanol–water partition coefficient (Wildman–Crippen LogP) is 4.55. The number of ether oxygens (including phenoxy) is 1. The fourth-order valence-corrected chi connectivity index (χ4v) is 2.95. The van der Waals surface area contributed by atoms with Crippen LogP contribution in [0.15, 0.2) is 54.7 Å². The van der Waals surface area contributed by atoms with E-state index in [2.05, 4.69) is 6.07 Å². The van der Waals surface area contributed by atoms with Gasteiger partial charge in [0, 0.05) is 18.8 Å². The van der Waals surface area contributed by atoms with Crippen LogP contribution in [0.3, 0.4) is 0 Å². The van der Waals surface area contributed by atoms with E-state index >= 15 is 0 Å². The summed E-state index contributed by atoms with van der Waals surface area (Å²) in [5.41, 5.74) is 3.61. The number of hydrogen-bond acceptors (Lipinski definition) is 3. The van der Waals surface area contributed by atoms with Gasteiger partial charge < -0.3 is 9.30 Å². The molecule has 130 valence electrons. The number of hydrogen-bond donors (Lipinski definition) is 0. The Hall–Kier alpha value is -3.39. The largest absolute Gasteiger partial charge is 0.461 e. The highest BCUT2D eigenvalue weighted by Crippen LogP contribution is 2.31. The zero-order valence-corrected chi connectivity index (χ0v) is 14.5. The van der Waals surface area contributed by atoms with E-state index in [1.165, 1.54) is 12.1 Å². The number of aromatic nitrogens is 1. The third-order valence-corrected chi connectivity index (χ3v) is 4.10. The first-order valence-corrected chi connectivity index (χ1v) is 8.18. The first-order valence-electron chi connectivity index (χ1n) is 8.18. The van der Waals surface area contributed by atoms with Gasteiger partial charge in [-0.05, 0) is 35.7 Å². The molecule has 0 unspecified atom stereocenters. The number of esters is 1. The van der Waals surface area contributed by atoms with Gasteiger partial charge in [-0.15, -0.1) is 0 Å². The second-order valence-corrected chi connectivity index (χ2v) is 5.80. The van der Waals surface area contributed by atoms with Crippen LogP contribution in [0.4, 0.5) is 4.39 Å². The highest BCUT2D eigenvalue weighted by atomic mass is 19.1. The number of halogens is 1. The average Bonchev–Trinajstić information content (AvgIpc) is 2.98. The molecule has 0 fully saturated rings. The summed E-state index contributed by atoms with van der Waals surface area (Å²) in [6.45, 7) is 1.99. The van der Waals surface area contributed by atoms with Gasteiger partial charge in [-0.2, -0.15) is 5.26 Å². The Bertz CT molecular complexity index is 998. The van der Waals surface area contributed by atoms with Gasteiger partial charge in [0.15, 0.2) is 0 Å². The monoisotopic (exact) mass is 348 g/mol. The number of nitrogens with zero attached hydrogens (tertiary/aromatic N) is 2. The molecule has 0 aliphatic carbocycles.